The zero-order valence-electron chi connectivity index (χ0n) is 30.9. The van der Waals surface area contributed by atoms with E-state index in [1.54, 1.807) is 0 Å². The van der Waals surface area contributed by atoms with Gasteiger partial charge in [-0.05, 0) is 94.0 Å². The van der Waals surface area contributed by atoms with Crippen molar-refractivity contribution in [3.63, 3.8) is 0 Å². The second kappa shape index (κ2) is 12.7. The van der Waals surface area contributed by atoms with Crippen LogP contribution < -0.4 is 0 Å². The van der Waals surface area contributed by atoms with Crippen molar-refractivity contribution >= 4 is 75.1 Å². The van der Waals surface area contributed by atoms with E-state index in [-0.39, 0.29) is 0 Å². The lowest BCUT2D eigenvalue weighted by atomic mass is 10.0. The van der Waals surface area contributed by atoms with Gasteiger partial charge in [-0.2, -0.15) is 0 Å². The van der Waals surface area contributed by atoms with E-state index in [2.05, 4.69) is 215 Å². The molecule has 0 saturated heterocycles. The molecule has 3 heteroatoms. The van der Waals surface area contributed by atoms with Gasteiger partial charge in [0, 0.05) is 48.4 Å². The molecule has 0 spiro atoms. The molecule has 57 heavy (non-hydrogen) atoms. The van der Waals surface area contributed by atoms with Crippen molar-refractivity contribution in [2.45, 2.75) is 0 Å². The van der Waals surface area contributed by atoms with Crippen molar-refractivity contribution in [3.05, 3.63) is 206 Å². The van der Waals surface area contributed by atoms with Crippen LogP contribution >= 0.6 is 11.3 Å². The molecule has 9 aromatic carbocycles. The molecule has 0 aliphatic rings. The van der Waals surface area contributed by atoms with Crippen LogP contribution in [0, 0.1) is 0 Å². The van der Waals surface area contributed by atoms with E-state index in [1.165, 1.54) is 103 Å². The third kappa shape index (κ3) is 5.03. The van der Waals surface area contributed by atoms with Crippen molar-refractivity contribution in [2.24, 2.45) is 0 Å². The summed E-state index contributed by atoms with van der Waals surface area (Å²) < 4.78 is 7.53. The van der Waals surface area contributed by atoms with Crippen LogP contribution in [0.1, 0.15) is 0 Å². The zero-order valence-corrected chi connectivity index (χ0v) is 31.7. The molecule has 0 fully saturated rings. The Morgan fingerprint density at radius 3 is 1.39 bits per heavy atom. The minimum Gasteiger partial charge on any atom is -0.309 e. The summed E-state index contributed by atoms with van der Waals surface area (Å²) in [6.45, 7) is 0. The first-order valence-corrected chi connectivity index (χ1v) is 20.3. The highest BCUT2D eigenvalue weighted by molar-refractivity contribution is 7.26. The molecule has 0 aliphatic carbocycles. The number of para-hydroxylation sites is 1. The summed E-state index contributed by atoms with van der Waals surface area (Å²) in [6.07, 6.45) is 0. The fraction of sp³-hybridized carbons (Fsp3) is 0. The predicted molar refractivity (Wildman–Crippen MR) is 244 cm³/mol. The first-order valence-electron chi connectivity index (χ1n) is 19.5. The third-order valence-electron chi connectivity index (χ3n) is 11.7. The number of hydrogen-bond donors (Lipinski definition) is 0. The van der Waals surface area contributed by atoms with Gasteiger partial charge in [-0.1, -0.05) is 146 Å². The minimum absolute atomic E-state index is 1.16. The zero-order chi connectivity index (χ0) is 37.5. The van der Waals surface area contributed by atoms with Gasteiger partial charge in [0.1, 0.15) is 0 Å². The summed E-state index contributed by atoms with van der Waals surface area (Å²) in [5.74, 6) is 0. The number of benzene rings is 9. The molecule has 0 aliphatic heterocycles. The van der Waals surface area contributed by atoms with E-state index in [0.29, 0.717) is 0 Å². The van der Waals surface area contributed by atoms with Crippen molar-refractivity contribution < 1.29 is 0 Å². The Morgan fingerprint density at radius 1 is 0.281 bits per heavy atom. The van der Waals surface area contributed by atoms with E-state index in [9.17, 15) is 0 Å². The summed E-state index contributed by atoms with van der Waals surface area (Å²) >= 11 is 1.90. The summed E-state index contributed by atoms with van der Waals surface area (Å²) in [5, 5.41) is 7.67. The Morgan fingerprint density at radius 2 is 0.737 bits per heavy atom. The van der Waals surface area contributed by atoms with Crippen LogP contribution in [-0.2, 0) is 0 Å². The molecule has 0 saturated carbocycles. The first kappa shape index (κ1) is 32.1. The monoisotopic (exact) mass is 742 g/mol. The van der Waals surface area contributed by atoms with Crippen molar-refractivity contribution in [3.8, 4) is 44.8 Å². The summed E-state index contributed by atoms with van der Waals surface area (Å²) in [5.41, 5.74) is 14.5. The Hall–Kier alpha value is -7.20. The molecule has 266 valence electrons. The maximum Gasteiger partial charge on any atom is 0.0719 e. The average Bonchev–Trinajstić information content (AvgIpc) is 3.94. The van der Waals surface area contributed by atoms with Crippen LogP contribution in [0.4, 0.5) is 0 Å². The molecule has 0 unspecified atom stereocenters. The fourth-order valence-electron chi connectivity index (χ4n) is 9.03. The molecule has 0 N–H and O–H groups in total. The Labute approximate surface area is 333 Å². The SMILES string of the molecule is c1ccc(-c2ccc(-n3c4ccccc4c4cc(-c5ccc6c(c5)c5ccc7c8ccccc8sc7c5n6-c5ccc(-c6ccccc6)cc5)ccc43)cc2)cc1. The van der Waals surface area contributed by atoms with Gasteiger partial charge in [0.2, 0.25) is 0 Å². The maximum atomic E-state index is 2.49. The number of fused-ring (bicyclic) bond motifs is 10. The quantitative estimate of drug-likeness (QED) is 0.166. The van der Waals surface area contributed by atoms with Gasteiger partial charge in [-0.3, -0.25) is 0 Å². The van der Waals surface area contributed by atoms with Crippen molar-refractivity contribution in [2.75, 3.05) is 0 Å². The molecule has 0 amide bonds. The lowest BCUT2D eigenvalue weighted by Gasteiger charge is -2.11. The fourth-order valence-corrected chi connectivity index (χ4v) is 10.3. The smallest absolute Gasteiger partial charge is 0.0719 e. The van der Waals surface area contributed by atoms with Crippen LogP contribution in [0.5, 0.6) is 0 Å². The average molecular weight is 743 g/mol. The highest BCUT2D eigenvalue weighted by atomic mass is 32.1. The molecule has 0 radical (unpaired) electrons. The second-order valence-corrected chi connectivity index (χ2v) is 16.0. The lowest BCUT2D eigenvalue weighted by Crippen LogP contribution is -1.94. The van der Waals surface area contributed by atoms with E-state index in [0.717, 1.165) is 5.69 Å². The third-order valence-corrected chi connectivity index (χ3v) is 12.9. The molecule has 3 heterocycles. The molecule has 12 rings (SSSR count). The van der Waals surface area contributed by atoms with Gasteiger partial charge in [0.15, 0.2) is 0 Å². The summed E-state index contributed by atoms with van der Waals surface area (Å²) in [4.78, 5) is 0. The number of hydrogen-bond acceptors (Lipinski definition) is 1. The Balaban J connectivity index is 1.03. The van der Waals surface area contributed by atoms with Gasteiger partial charge < -0.3 is 9.13 Å². The summed E-state index contributed by atoms with van der Waals surface area (Å²) in [7, 11) is 0. The van der Waals surface area contributed by atoms with E-state index in [4.69, 9.17) is 0 Å². The normalized spacial score (nSPS) is 11.9. The topological polar surface area (TPSA) is 9.86 Å². The maximum absolute atomic E-state index is 2.49. The van der Waals surface area contributed by atoms with E-state index in [1.807, 2.05) is 11.3 Å². The van der Waals surface area contributed by atoms with Crippen molar-refractivity contribution in [1.29, 1.82) is 0 Å². The predicted octanol–water partition coefficient (Wildman–Crippen LogP) is 15.2. The minimum atomic E-state index is 1.16. The molecule has 2 nitrogen and oxygen atoms in total. The molecule has 0 bridgehead atoms. The van der Waals surface area contributed by atoms with Gasteiger partial charge >= 0.3 is 0 Å². The largest absolute Gasteiger partial charge is 0.309 e. The number of rotatable bonds is 5. The highest BCUT2D eigenvalue weighted by Gasteiger charge is 2.20. The second-order valence-electron chi connectivity index (χ2n) is 14.9. The van der Waals surface area contributed by atoms with Crippen LogP contribution in [0.25, 0.3) is 109 Å². The summed E-state index contributed by atoms with van der Waals surface area (Å²) in [6, 6.07) is 75.5. The Bertz CT molecular complexity index is 3480. The van der Waals surface area contributed by atoms with E-state index < -0.39 is 0 Å². The van der Waals surface area contributed by atoms with Gasteiger partial charge in [-0.25, -0.2) is 0 Å². The Kier molecular flexibility index (Phi) is 7.13. The molecular formula is C54H34N2S. The highest BCUT2D eigenvalue weighted by Crippen LogP contribution is 2.44. The van der Waals surface area contributed by atoms with Crippen molar-refractivity contribution in [1.82, 2.24) is 9.13 Å². The standard InChI is InChI=1S/C54H34N2S/c1-3-11-35(12-4-1)37-19-25-41(26-20-37)55-49-17-9-7-15-43(49)47-33-39(23-31-50(47)55)40-24-32-51-48(34-40)45-29-30-46-44-16-8-10-18-52(44)57-54(46)53(45)56(51)42-27-21-38(22-28-42)36-13-5-2-6-14-36/h1-34H. The first-order chi connectivity index (χ1) is 28.3. The lowest BCUT2D eigenvalue weighted by molar-refractivity contribution is 1.18. The van der Waals surface area contributed by atoms with Crippen LogP contribution in [0.3, 0.4) is 0 Å². The molecule has 12 aromatic rings. The van der Waals surface area contributed by atoms with Gasteiger partial charge in [0.25, 0.3) is 0 Å². The van der Waals surface area contributed by atoms with E-state index >= 15 is 0 Å². The van der Waals surface area contributed by atoms with Gasteiger partial charge in [-0.15, -0.1) is 11.3 Å². The number of nitrogens with zero attached hydrogens (tertiary/aromatic N) is 2. The van der Waals surface area contributed by atoms with Crippen LogP contribution in [0.15, 0.2) is 206 Å². The van der Waals surface area contributed by atoms with Crippen LogP contribution in [-0.4, -0.2) is 9.13 Å². The molecule has 0 atom stereocenters. The number of aromatic nitrogens is 2. The number of thiophene rings is 1. The molecule has 3 aromatic heterocycles. The molecular weight excluding hydrogens is 709 g/mol. The van der Waals surface area contributed by atoms with Gasteiger partial charge in [0.05, 0.1) is 26.8 Å². The van der Waals surface area contributed by atoms with Crippen LogP contribution in [0.2, 0.25) is 0 Å².